The first-order valence-electron chi connectivity index (χ1n) is 6.69. The summed E-state index contributed by atoms with van der Waals surface area (Å²) in [6.45, 7) is 3.95. The van der Waals surface area contributed by atoms with Crippen molar-refractivity contribution < 1.29 is 4.79 Å². The molecule has 21 heavy (non-hydrogen) atoms. The number of aryl methyl sites for hydroxylation is 3. The van der Waals surface area contributed by atoms with Crippen LogP contribution in [-0.2, 0) is 17.9 Å². The molecule has 0 aromatic carbocycles. The van der Waals surface area contributed by atoms with Gasteiger partial charge in [0.2, 0.25) is 5.91 Å². The molecule has 0 radical (unpaired) electrons. The van der Waals surface area contributed by atoms with Crippen LogP contribution in [0, 0.1) is 6.92 Å². The van der Waals surface area contributed by atoms with Crippen molar-refractivity contribution in [3.8, 4) is 0 Å². The number of aromatic nitrogens is 4. The van der Waals surface area contributed by atoms with Gasteiger partial charge in [-0.05, 0) is 45.2 Å². The molecule has 2 rings (SSSR count). The molecule has 0 aliphatic rings. The van der Waals surface area contributed by atoms with Crippen LogP contribution in [0.15, 0.2) is 27.5 Å². The van der Waals surface area contributed by atoms with Gasteiger partial charge in [0.05, 0.1) is 20.8 Å². The predicted molar refractivity (Wildman–Crippen MR) is 86.8 cm³/mol. The molecule has 0 aliphatic carbocycles. The molecule has 2 aromatic heterocycles. The summed E-state index contributed by atoms with van der Waals surface area (Å²) in [5, 5.41) is 11.4. The summed E-state index contributed by atoms with van der Waals surface area (Å²) in [6, 6.07) is 0. The Morgan fingerprint density at radius 2 is 2.10 bits per heavy atom. The summed E-state index contributed by atoms with van der Waals surface area (Å²) >= 11 is 6.75. The Kier molecular flexibility index (Phi) is 5.98. The molecule has 0 atom stereocenters. The number of carbonyl (C=O) groups excluding carboxylic acids is 1. The smallest absolute Gasteiger partial charge is 0.221 e. The molecule has 2 heterocycles. The summed E-state index contributed by atoms with van der Waals surface area (Å²) in [5.74, 6) is 0.0425. The van der Waals surface area contributed by atoms with Crippen LogP contribution in [0.25, 0.3) is 0 Å². The SMILES string of the molecule is Cc1nn(CCC(=O)NCCCn2cc(Br)cn2)cc1Br. The van der Waals surface area contributed by atoms with Crippen LogP contribution in [0.4, 0.5) is 0 Å². The van der Waals surface area contributed by atoms with E-state index < -0.39 is 0 Å². The van der Waals surface area contributed by atoms with Crippen LogP contribution in [0.1, 0.15) is 18.5 Å². The molecule has 0 unspecified atom stereocenters. The lowest BCUT2D eigenvalue weighted by atomic mass is 10.3. The minimum absolute atomic E-state index is 0.0425. The molecular formula is C13H17Br2N5O. The second-order valence-corrected chi connectivity index (χ2v) is 6.47. The molecule has 1 N–H and O–H groups in total. The molecule has 0 fully saturated rings. The fourth-order valence-corrected chi connectivity index (χ4v) is 2.49. The molecule has 2 aromatic rings. The fraction of sp³-hybridized carbons (Fsp3) is 0.462. The van der Waals surface area contributed by atoms with Crippen molar-refractivity contribution in [2.24, 2.45) is 0 Å². The Bertz CT molecular complexity index is 588. The quantitative estimate of drug-likeness (QED) is 0.702. The van der Waals surface area contributed by atoms with E-state index in [0.717, 1.165) is 27.6 Å². The second kappa shape index (κ2) is 7.74. The standard InChI is InChI=1S/C13H17Br2N5O/c1-10-12(15)9-20(18-10)6-3-13(21)16-4-2-5-19-8-11(14)7-17-19/h7-9H,2-6H2,1H3,(H,16,21). The van der Waals surface area contributed by atoms with Gasteiger partial charge in [-0.1, -0.05) is 0 Å². The number of halogens is 2. The average molecular weight is 419 g/mol. The van der Waals surface area contributed by atoms with Gasteiger partial charge in [0.1, 0.15) is 0 Å². The molecule has 114 valence electrons. The van der Waals surface area contributed by atoms with Crippen LogP contribution < -0.4 is 5.32 Å². The van der Waals surface area contributed by atoms with Crippen LogP contribution in [0.5, 0.6) is 0 Å². The molecule has 0 saturated carbocycles. The summed E-state index contributed by atoms with van der Waals surface area (Å²) in [6.07, 6.45) is 6.84. The first-order valence-corrected chi connectivity index (χ1v) is 8.27. The highest BCUT2D eigenvalue weighted by molar-refractivity contribution is 9.10. The van der Waals surface area contributed by atoms with E-state index in [4.69, 9.17) is 0 Å². The normalized spacial score (nSPS) is 10.8. The van der Waals surface area contributed by atoms with E-state index in [1.165, 1.54) is 0 Å². The maximum absolute atomic E-state index is 11.7. The zero-order valence-corrected chi connectivity index (χ0v) is 14.9. The van der Waals surface area contributed by atoms with Crippen molar-refractivity contribution in [1.29, 1.82) is 0 Å². The van der Waals surface area contributed by atoms with Crippen molar-refractivity contribution in [3.63, 3.8) is 0 Å². The summed E-state index contributed by atoms with van der Waals surface area (Å²) in [7, 11) is 0. The number of nitrogens with zero attached hydrogens (tertiary/aromatic N) is 4. The van der Waals surface area contributed by atoms with E-state index in [-0.39, 0.29) is 5.91 Å². The minimum Gasteiger partial charge on any atom is -0.356 e. The third kappa shape index (κ3) is 5.28. The third-order valence-electron chi connectivity index (χ3n) is 2.94. The number of rotatable bonds is 7. The molecule has 8 heteroatoms. The molecule has 0 spiro atoms. The number of hydrogen-bond donors (Lipinski definition) is 1. The lowest BCUT2D eigenvalue weighted by molar-refractivity contribution is -0.121. The van der Waals surface area contributed by atoms with E-state index in [0.29, 0.717) is 19.5 Å². The first-order chi connectivity index (χ1) is 10.0. The minimum atomic E-state index is 0.0425. The summed E-state index contributed by atoms with van der Waals surface area (Å²) < 4.78 is 5.56. The monoisotopic (exact) mass is 417 g/mol. The van der Waals surface area contributed by atoms with Gasteiger partial charge in [0.25, 0.3) is 0 Å². The van der Waals surface area contributed by atoms with Crippen molar-refractivity contribution in [1.82, 2.24) is 24.9 Å². The maximum Gasteiger partial charge on any atom is 0.221 e. The van der Waals surface area contributed by atoms with Gasteiger partial charge in [-0.15, -0.1) is 0 Å². The van der Waals surface area contributed by atoms with Gasteiger partial charge in [-0.3, -0.25) is 14.2 Å². The first kappa shape index (κ1) is 16.2. The van der Waals surface area contributed by atoms with E-state index in [1.54, 1.807) is 10.9 Å². The van der Waals surface area contributed by atoms with Crippen LogP contribution in [0.3, 0.4) is 0 Å². The van der Waals surface area contributed by atoms with Crippen molar-refractivity contribution in [3.05, 3.63) is 33.2 Å². The summed E-state index contributed by atoms with van der Waals surface area (Å²) in [4.78, 5) is 11.7. The van der Waals surface area contributed by atoms with Gasteiger partial charge in [-0.2, -0.15) is 10.2 Å². The van der Waals surface area contributed by atoms with Crippen LogP contribution >= 0.6 is 31.9 Å². The van der Waals surface area contributed by atoms with E-state index in [2.05, 4.69) is 47.4 Å². The maximum atomic E-state index is 11.7. The predicted octanol–water partition coefficient (Wildman–Crippen LogP) is 2.51. The van der Waals surface area contributed by atoms with Gasteiger partial charge in [-0.25, -0.2) is 0 Å². The lowest BCUT2D eigenvalue weighted by Crippen LogP contribution is -2.26. The Morgan fingerprint density at radius 1 is 1.29 bits per heavy atom. The summed E-state index contributed by atoms with van der Waals surface area (Å²) in [5.41, 5.74) is 0.931. The zero-order valence-electron chi connectivity index (χ0n) is 11.7. The molecule has 0 saturated heterocycles. The Labute approximate surface area is 140 Å². The Morgan fingerprint density at radius 3 is 2.71 bits per heavy atom. The van der Waals surface area contributed by atoms with Crippen molar-refractivity contribution in [2.75, 3.05) is 6.54 Å². The highest BCUT2D eigenvalue weighted by Crippen LogP contribution is 2.13. The van der Waals surface area contributed by atoms with Crippen molar-refractivity contribution in [2.45, 2.75) is 32.9 Å². The highest BCUT2D eigenvalue weighted by Gasteiger charge is 2.05. The average Bonchev–Trinajstić information content (AvgIpc) is 2.99. The molecule has 0 aliphatic heterocycles. The largest absolute Gasteiger partial charge is 0.356 e. The number of amides is 1. The number of nitrogens with one attached hydrogen (secondary N) is 1. The van der Waals surface area contributed by atoms with Crippen LogP contribution in [0.2, 0.25) is 0 Å². The topological polar surface area (TPSA) is 64.7 Å². The van der Waals surface area contributed by atoms with Crippen molar-refractivity contribution >= 4 is 37.8 Å². The van der Waals surface area contributed by atoms with E-state index >= 15 is 0 Å². The van der Waals surface area contributed by atoms with E-state index in [1.807, 2.05) is 24.0 Å². The number of hydrogen-bond acceptors (Lipinski definition) is 3. The Hall–Kier alpha value is -1.15. The highest BCUT2D eigenvalue weighted by atomic mass is 79.9. The lowest BCUT2D eigenvalue weighted by Gasteiger charge is -2.05. The zero-order chi connectivity index (χ0) is 15.2. The molecular weight excluding hydrogens is 402 g/mol. The molecule has 1 amide bonds. The van der Waals surface area contributed by atoms with Gasteiger partial charge < -0.3 is 5.32 Å². The van der Waals surface area contributed by atoms with Gasteiger partial charge in [0.15, 0.2) is 0 Å². The van der Waals surface area contributed by atoms with Crippen LogP contribution in [-0.4, -0.2) is 32.0 Å². The van der Waals surface area contributed by atoms with Gasteiger partial charge in [0, 0.05) is 38.4 Å². The number of carbonyl (C=O) groups is 1. The second-order valence-electron chi connectivity index (χ2n) is 4.70. The van der Waals surface area contributed by atoms with E-state index in [9.17, 15) is 4.79 Å². The molecule has 0 bridgehead atoms. The molecule has 6 nitrogen and oxygen atoms in total. The fourth-order valence-electron chi connectivity index (χ4n) is 1.84. The third-order valence-corrected chi connectivity index (χ3v) is 4.13. The van der Waals surface area contributed by atoms with Gasteiger partial charge >= 0.3 is 0 Å². The Balaban J connectivity index is 1.61.